The van der Waals surface area contributed by atoms with E-state index in [4.69, 9.17) is 4.42 Å². The Balaban J connectivity index is 2.04. The van der Waals surface area contributed by atoms with Gasteiger partial charge in [0.1, 0.15) is 5.76 Å². The summed E-state index contributed by atoms with van der Waals surface area (Å²) in [5, 5.41) is 3.12. The number of nitrogens with one attached hydrogen (secondary N) is 2. The first-order chi connectivity index (χ1) is 9.55. The van der Waals surface area contributed by atoms with Crippen LogP contribution >= 0.6 is 11.8 Å². The highest BCUT2D eigenvalue weighted by Gasteiger charge is 2.16. The predicted octanol–water partition coefficient (Wildman–Crippen LogP) is 2.52. The fraction of sp³-hybridized carbons (Fsp3) is 0.231. The average Bonchev–Trinajstić information content (AvgIpc) is 2.95. The molecule has 5 nitrogen and oxygen atoms in total. The smallest absolute Gasteiger partial charge is 0.273 e. The number of thioether (sulfide) groups is 1. The first-order valence-corrected chi connectivity index (χ1v) is 8.66. The molecule has 2 aromatic rings. The molecular weight excluding hydrogens is 296 g/mol. The van der Waals surface area contributed by atoms with Crippen LogP contribution in [0.4, 0.5) is 5.69 Å². The Morgan fingerprint density at radius 2 is 2.05 bits per heavy atom. The summed E-state index contributed by atoms with van der Waals surface area (Å²) in [5.41, 5.74) is 0.964. The van der Waals surface area contributed by atoms with Crippen molar-refractivity contribution in [1.82, 2.24) is 4.72 Å². The Morgan fingerprint density at radius 1 is 1.25 bits per heavy atom. The average molecular weight is 312 g/mol. The lowest BCUT2D eigenvalue weighted by atomic mass is 10.3. The van der Waals surface area contributed by atoms with Gasteiger partial charge in [-0.2, -0.15) is 0 Å². The van der Waals surface area contributed by atoms with Gasteiger partial charge < -0.3 is 9.73 Å². The van der Waals surface area contributed by atoms with Crippen molar-refractivity contribution in [3.05, 3.63) is 42.2 Å². The zero-order chi connectivity index (χ0) is 14.6. The van der Waals surface area contributed by atoms with Gasteiger partial charge in [0.2, 0.25) is 5.09 Å². The molecule has 20 heavy (non-hydrogen) atoms. The van der Waals surface area contributed by atoms with Gasteiger partial charge in [0.25, 0.3) is 10.0 Å². The summed E-state index contributed by atoms with van der Waals surface area (Å²) >= 11 is 1.66. The predicted molar refractivity (Wildman–Crippen MR) is 80.5 cm³/mol. The second-order valence-corrected chi connectivity index (χ2v) is 6.71. The van der Waals surface area contributed by atoms with Gasteiger partial charge in [-0.05, 0) is 43.6 Å². The van der Waals surface area contributed by atoms with E-state index in [1.807, 2.05) is 30.5 Å². The molecule has 0 saturated carbocycles. The third-order valence-corrected chi connectivity index (χ3v) is 4.72. The maximum atomic E-state index is 11.5. The number of sulfonamides is 1. The molecule has 0 aliphatic heterocycles. The van der Waals surface area contributed by atoms with Crippen LogP contribution in [0.1, 0.15) is 5.76 Å². The van der Waals surface area contributed by atoms with E-state index in [0.717, 1.165) is 10.6 Å². The Labute approximate surface area is 122 Å². The Bertz CT molecular complexity index is 680. The molecule has 0 bridgehead atoms. The molecule has 0 radical (unpaired) electrons. The second-order valence-electron chi connectivity index (χ2n) is 4.01. The number of benzene rings is 1. The molecule has 1 aromatic carbocycles. The quantitative estimate of drug-likeness (QED) is 0.802. The van der Waals surface area contributed by atoms with Crippen LogP contribution in [0.5, 0.6) is 0 Å². The molecule has 108 valence electrons. The number of anilines is 1. The standard InChI is InChI=1S/C13H16N2O3S2/c1-14-20(16,17)13-7-6-11(18-13)9-15-10-4-3-5-12(8-10)19-2/h3-8,14-15H,9H2,1-2H3. The van der Waals surface area contributed by atoms with Crippen LogP contribution in [0.25, 0.3) is 0 Å². The van der Waals surface area contributed by atoms with Crippen LogP contribution in [0.2, 0.25) is 0 Å². The molecule has 2 N–H and O–H groups in total. The zero-order valence-corrected chi connectivity index (χ0v) is 12.8. The maximum Gasteiger partial charge on any atom is 0.273 e. The van der Waals surface area contributed by atoms with E-state index in [1.54, 1.807) is 17.8 Å². The van der Waals surface area contributed by atoms with Gasteiger partial charge >= 0.3 is 0 Å². The van der Waals surface area contributed by atoms with Crippen molar-refractivity contribution in [2.45, 2.75) is 16.5 Å². The molecular formula is C13H16N2O3S2. The Hall–Kier alpha value is -1.44. The van der Waals surface area contributed by atoms with E-state index in [0.29, 0.717) is 12.3 Å². The number of hydrogen-bond donors (Lipinski definition) is 2. The molecule has 0 spiro atoms. The first-order valence-electron chi connectivity index (χ1n) is 5.95. The molecule has 0 saturated heterocycles. The molecule has 0 aliphatic carbocycles. The molecule has 0 atom stereocenters. The van der Waals surface area contributed by atoms with Crippen molar-refractivity contribution in [2.24, 2.45) is 0 Å². The summed E-state index contributed by atoms with van der Waals surface area (Å²) in [7, 11) is -2.17. The third kappa shape index (κ3) is 3.56. The second kappa shape index (κ2) is 6.34. The van der Waals surface area contributed by atoms with Crippen LogP contribution in [-0.2, 0) is 16.6 Å². The molecule has 0 aliphatic rings. The van der Waals surface area contributed by atoms with Crippen LogP contribution < -0.4 is 10.0 Å². The molecule has 1 aromatic heterocycles. The van der Waals surface area contributed by atoms with E-state index in [9.17, 15) is 8.42 Å². The highest BCUT2D eigenvalue weighted by atomic mass is 32.2. The summed E-state index contributed by atoms with van der Waals surface area (Å²) in [6.07, 6.45) is 2.01. The molecule has 0 amide bonds. The van der Waals surface area contributed by atoms with Crippen molar-refractivity contribution in [3.8, 4) is 0 Å². The summed E-state index contributed by atoms with van der Waals surface area (Å²) < 4.78 is 30.6. The highest BCUT2D eigenvalue weighted by molar-refractivity contribution is 7.98. The lowest BCUT2D eigenvalue weighted by Crippen LogP contribution is -2.17. The molecule has 0 unspecified atom stereocenters. The van der Waals surface area contributed by atoms with Crippen molar-refractivity contribution in [3.63, 3.8) is 0 Å². The van der Waals surface area contributed by atoms with Crippen LogP contribution in [0.3, 0.4) is 0 Å². The monoisotopic (exact) mass is 312 g/mol. The van der Waals surface area contributed by atoms with Gasteiger partial charge in [0, 0.05) is 10.6 Å². The van der Waals surface area contributed by atoms with Crippen molar-refractivity contribution < 1.29 is 12.8 Å². The van der Waals surface area contributed by atoms with Crippen molar-refractivity contribution in [2.75, 3.05) is 18.6 Å². The minimum absolute atomic E-state index is 0.0744. The van der Waals surface area contributed by atoms with Gasteiger partial charge in [-0.15, -0.1) is 11.8 Å². The number of furan rings is 1. The van der Waals surface area contributed by atoms with E-state index in [2.05, 4.69) is 10.0 Å². The summed E-state index contributed by atoms with van der Waals surface area (Å²) in [5.74, 6) is 0.563. The lowest BCUT2D eigenvalue weighted by Gasteiger charge is -2.05. The van der Waals surface area contributed by atoms with Crippen molar-refractivity contribution in [1.29, 1.82) is 0 Å². The summed E-state index contributed by atoms with van der Waals surface area (Å²) in [6.45, 7) is 0.428. The Kier molecular flexibility index (Phi) is 4.74. The van der Waals surface area contributed by atoms with Gasteiger partial charge in [-0.25, -0.2) is 13.1 Å². The summed E-state index contributed by atoms with van der Waals surface area (Å²) in [4.78, 5) is 1.16. The number of hydrogen-bond acceptors (Lipinski definition) is 5. The van der Waals surface area contributed by atoms with Gasteiger partial charge in [-0.1, -0.05) is 6.07 Å². The van der Waals surface area contributed by atoms with Gasteiger partial charge in [-0.3, -0.25) is 0 Å². The topological polar surface area (TPSA) is 71.3 Å². The maximum absolute atomic E-state index is 11.5. The van der Waals surface area contributed by atoms with E-state index >= 15 is 0 Å². The van der Waals surface area contributed by atoms with E-state index in [-0.39, 0.29) is 5.09 Å². The Morgan fingerprint density at radius 3 is 2.75 bits per heavy atom. The molecule has 1 heterocycles. The van der Waals surface area contributed by atoms with Crippen LogP contribution in [0, 0.1) is 0 Å². The van der Waals surface area contributed by atoms with Gasteiger partial charge in [0.05, 0.1) is 6.54 Å². The third-order valence-electron chi connectivity index (χ3n) is 2.71. The fourth-order valence-electron chi connectivity index (χ4n) is 1.62. The van der Waals surface area contributed by atoms with Gasteiger partial charge in [0.15, 0.2) is 0 Å². The number of rotatable bonds is 6. The van der Waals surface area contributed by atoms with Crippen molar-refractivity contribution >= 4 is 27.5 Å². The minimum atomic E-state index is -3.52. The largest absolute Gasteiger partial charge is 0.446 e. The molecule has 2 rings (SSSR count). The summed E-state index contributed by atoms with van der Waals surface area (Å²) in [6, 6.07) is 11.1. The normalized spacial score (nSPS) is 11.5. The molecule has 7 heteroatoms. The fourth-order valence-corrected chi connectivity index (χ4v) is 2.75. The zero-order valence-electron chi connectivity index (χ0n) is 11.2. The lowest BCUT2D eigenvalue weighted by molar-refractivity contribution is 0.417. The van der Waals surface area contributed by atoms with E-state index < -0.39 is 10.0 Å². The molecule has 0 fully saturated rings. The minimum Gasteiger partial charge on any atom is -0.446 e. The van der Waals surface area contributed by atoms with E-state index in [1.165, 1.54) is 13.1 Å². The highest BCUT2D eigenvalue weighted by Crippen LogP contribution is 2.20. The first kappa shape index (κ1) is 15.0. The van der Waals surface area contributed by atoms with Crippen LogP contribution in [0.15, 0.2) is 50.8 Å². The van der Waals surface area contributed by atoms with Crippen LogP contribution in [-0.4, -0.2) is 21.7 Å². The SMILES string of the molecule is CNS(=O)(=O)c1ccc(CNc2cccc(SC)c2)o1.